The van der Waals surface area contributed by atoms with Crippen molar-refractivity contribution in [3.05, 3.63) is 71.5 Å². The van der Waals surface area contributed by atoms with Gasteiger partial charge in [0.1, 0.15) is 5.82 Å². The van der Waals surface area contributed by atoms with Crippen LogP contribution in [0.2, 0.25) is 0 Å². The Morgan fingerprint density at radius 2 is 1.89 bits per heavy atom. The number of benzene rings is 2. The molecule has 2 aromatic rings. The first-order valence-electron chi connectivity index (χ1n) is 9.46. The highest BCUT2D eigenvalue weighted by atomic mass is 19.1. The highest BCUT2D eigenvalue weighted by Crippen LogP contribution is 2.16. The summed E-state index contributed by atoms with van der Waals surface area (Å²) in [7, 11) is 1.82. The van der Waals surface area contributed by atoms with E-state index in [1.807, 2.05) is 43.4 Å². The summed E-state index contributed by atoms with van der Waals surface area (Å²) in [4.78, 5) is 16.6. The van der Waals surface area contributed by atoms with Crippen LogP contribution in [0.3, 0.4) is 0 Å². The van der Waals surface area contributed by atoms with Crippen LogP contribution in [0.25, 0.3) is 0 Å². The fourth-order valence-electron chi connectivity index (χ4n) is 3.41. The van der Waals surface area contributed by atoms with Crippen molar-refractivity contribution in [2.24, 2.45) is 0 Å². The van der Waals surface area contributed by atoms with Crippen molar-refractivity contribution in [1.82, 2.24) is 9.80 Å². The minimum Gasteiger partial charge on any atom is -0.377 e. The lowest BCUT2D eigenvalue weighted by Crippen LogP contribution is -2.41. The molecule has 0 N–H and O–H groups in total. The average Bonchev–Trinajstić information content (AvgIpc) is 3.15. The van der Waals surface area contributed by atoms with Crippen molar-refractivity contribution < 1.29 is 13.9 Å². The molecule has 4 nitrogen and oxygen atoms in total. The first-order valence-corrected chi connectivity index (χ1v) is 9.46. The monoisotopic (exact) mass is 370 g/mol. The Morgan fingerprint density at radius 1 is 1.11 bits per heavy atom. The van der Waals surface area contributed by atoms with Gasteiger partial charge in [-0.1, -0.05) is 42.5 Å². The van der Waals surface area contributed by atoms with Gasteiger partial charge in [0.05, 0.1) is 12.6 Å². The highest BCUT2D eigenvalue weighted by Gasteiger charge is 2.22. The molecular weight excluding hydrogens is 343 g/mol. The Bertz CT molecular complexity index is 732. The first-order chi connectivity index (χ1) is 13.1. The Labute approximate surface area is 160 Å². The maximum absolute atomic E-state index is 13.5. The fraction of sp³-hybridized carbons (Fsp3) is 0.409. The zero-order valence-corrected chi connectivity index (χ0v) is 15.8. The number of carbonyl (C=O) groups is 1. The number of nitrogens with zero attached hydrogens (tertiary/aromatic N) is 2. The largest absolute Gasteiger partial charge is 0.377 e. The summed E-state index contributed by atoms with van der Waals surface area (Å²) < 4.78 is 19.3. The van der Waals surface area contributed by atoms with Gasteiger partial charge in [-0.15, -0.1) is 0 Å². The van der Waals surface area contributed by atoms with Crippen molar-refractivity contribution in [3.63, 3.8) is 0 Å². The summed E-state index contributed by atoms with van der Waals surface area (Å²) >= 11 is 0. The van der Waals surface area contributed by atoms with E-state index in [0.717, 1.165) is 30.6 Å². The van der Waals surface area contributed by atoms with Crippen LogP contribution >= 0.6 is 0 Å². The van der Waals surface area contributed by atoms with E-state index in [1.54, 1.807) is 11.0 Å². The van der Waals surface area contributed by atoms with Crippen molar-refractivity contribution >= 4 is 5.91 Å². The molecule has 1 aliphatic heterocycles. The van der Waals surface area contributed by atoms with Gasteiger partial charge in [0.15, 0.2) is 0 Å². The van der Waals surface area contributed by atoms with E-state index in [4.69, 9.17) is 4.74 Å². The summed E-state index contributed by atoms with van der Waals surface area (Å²) in [6.07, 6.45) is 2.21. The van der Waals surface area contributed by atoms with E-state index >= 15 is 0 Å². The molecule has 1 atom stereocenters. The van der Waals surface area contributed by atoms with E-state index in [9.17, 15) is 9.18 Å². The number of ether oxygens (including phenoxy) is 1. The topological polar surface area (TPSA) is 32.8 Å². The van der Waals surface area contributed by atoms with E-state index in [2.05, 4.69) is 4.90 Å². The average molecular weight is 370 g/mol. The normalized spacial score (nSPS) is 16.6. The number of carbonyl (C=O) groups excluding carboxylic acids is 1. The molecule has 27 heavy (non-hydrogen) atoms. The van der Waals surface area contributed by atoms with Crippen LogP contribution in [0.5, 0.6) is 0 Å². The predicted molar refractivity (Wildman–Crippen MR) is 104 cm³/mol. The smallest absolute Gasteiger partial charge is 0.236 e. The van der Waals surface area contributed by atoms with Crippen LogP contribution in [-0.4, -0.2) is 48.6 Å². The van der Waals surface area contributed by atoms with Crippen LogP contribution < -0.4 is 0 Å². The lowest BCUT2D eigenvalue weighted by Gasteiger charge is -2.27. The van der Waals surface area contributed by atoms with Crippen molar-refractivity contribution in [2.75, 3.05) is 26.7 Å². The van der Waals surface area contributed by atoms with Gasteiger partial charge < -0.3 is 9.64 Å². The molecule has 144 valence electrons. The van der Waals surface area contributed by atoms with Crippen molar-refractivity contribution in [2.45, 2.75) is 32.0 Å². The number of halogens is 1. The molecule has 1 heterocycles. The molecule has 1 amide bonds. The number of hydrogen-bond acceptors (Lipinski definition) is 3. The van der Waals surface area contributed by atoms with Crippen molar-refractivity contribution in [3.8, 4) is 0 Å². The molecule has 5 heteroatoms. The van der Waals surface area contributed by atoms with Gasteiger partial charge in [0, 0.05) is 33.3 Å². The van der Waals surface area contributed by atoms with Crippen LogP contribution in [0.4, 0.5) is 4.39 Å². The molecule has 0 bridgehead atoms. The third-order valence-electron chi connectivity index (χ3n) is 4.83. The predicted octanol–water partition coefficient (Wildman–Crippen LogP) is 3.47. The van der Waals surface area contributed by atoms with Gasteiger partial charge in [-0.2, -0.15) is 0 Å². The molecule has 1 saturated heterocycles. The summed E-state index contributed by atoms with van der Waals surface area (Å²) in [5.41, 5.74) is 1.97. The number of rotatable bonds is 8. The van der Waals surface area contributed by atoms with Crippen LogP contribution in [-0.2, 0) is 22.6 Å². The zero-order chi connectivity index (χ0) is 19.1. The van der Waals surface area contributed by atoms with Gasteiger partial charge in [0.25, 0.3) is 0 Å². The lowest BCUT2D eigenvalue weighted by molar-refractivity contribution is -0.132. The van der Waals surface area contributed by atoms with Crippen LogP contribution in [0, 0.1) is 5.82 Å². The van der Waals surface area contributed by atoms with Gasteiger partial charge in [-0.25, -0.2) is 4.39 Å². The van der Waals surface area contributed by atoms with Gasteiger partial charge in [-0.3, -0.25) is 9.69 Å². The molecule has 2 aromatic carbocycles. The number of likely N-dealkylation sites (N-methyl/N-ethyl adjacent to an activating group) is 1. The zero-order valence-electron chi connectivity index (χ0n) is 15.8. The van der Waals surface area contributed by atoms with Gasteiger partial charge in [0.2, 0.25) is 5.91 Å². The van der Waals surface area contributed by atoms with E-state index in [0.29, 0.717) is 26.2 Å². The van der Waals surface area contributed by atoms with E-state index < -0.39 is 0 Å². The molecule has 0 saturated carbocycles. The molecule has 0 radical (unpaired) electrons. The Kier molecular flexibility index (Phi) is 6.96. The van der Waals surface area contributed by atoms with Gasteiger partial charge in [-0.05, 0) is 36.1 Å². The molecule has 0 aromatic heterocycles. The summed E-state index contributed by atoms with van der Waals surface area (Å²) in [5, 5.41) is 0. The Balaban J connectivity index is 1.63. The molecular formula is C22H27FN2O2. The van der Waals surface area contributed by atoms with Crippen molar-refractivity contribution in [1.29, 1.82) is 0 Å². The second-order valence-electron chi connectivity index (χ2n) is 7.17. The third-order valence-corrected chi connectivity index (χ3v) is 4.83. The molecule has 1 aliphatic rings. The molecule has 1 fully saturated rings. The lowest BCUT2D eigenvalue weighted by atomic mass is 10.1. The number of hydrogen-bond donors (Lipinski definition) is 0. The second kappa shape index (κ2) is 9.62. The molecule has 0 aliphatic carbocycles. The van der Waals surface area contributed by atoms with Crippen LogP contribution in [0.15, 0.2) is 54.6 Å². The third kappa shape index (κ3) is 6.15. The highest BCUT2D eigenvalue weighted by molar-refractivity contribution is 5.78. The standard InChI is InChI=1S/C22H27FN2O2/c1-24(14-18-7-3-2-4-8-18)22(26)17-25(16-21-11-6-12-27-21)15-19-9-5-10-20(23)13-19/h2-5,7-10,13,21H,6,11-12,14-17H2,1H3. The fourth-order valence-corrected chi connectivity index (χ4v) is 3.41. The van der Waals surface area contributed by atoms with Crippen LogP contribution in [0.1, 0.15) is 24.0 Å². The number of amides is 1. The Morgan fingerprint density at radius 3 is 2.59 bits per heavy atom. The quantitative estimate of drug-likeness (QED) is 0.713. The van der Waals surface area contributed by atoms with E-state index in [-0.39, 0.29) is 17.8 Å². The minimum atomic E-state index is -0.253. The van der Waals surface area contributed by atoms with E-state index in [1.165, 1.54) is 12.1 Å². The maximum atomic E-state index is 13.5. The summed E-state index contributed by atoms with van der Waals surface area (Å²) in [6, 6.07) is 16.5. The summed E-state index contributed by atoms with van der Waals surface area (Å²) in [5.74, 6) is -0.203. The maximum Gasteiger partial charge on any atom is 0.236 e. The molecule has 1 unspecified atom stereocenters. The minimum absolute atomic E-state index is 0.0493. The van der Waals surface area contributed by atoms with Gasteiger partial charge >= 0.3 is 0 Å². The molecule has 3 rings (SSSR count). The first kappa shape index (κ1) is 19.5. The summed E-state index contributed by atoms with van der Waals surface area (Å²) in [6.45, 7) is 2.86. The second-order valence-corrected chi connectivity index (χ2v) is 7.17. The Hall–Kier alpha value is -2.24. The SMILES string of the molecule is CN(Cc1ccccc1)C(=O)CN(Cc1cccc(F)c1)CC1CCCO1. The molecule has 0 spiro atoms.